The van der Waals surface area contributed by atoms with Gasteiger partial charge in [0.15, 0.2) is 0 Å². The zero-order chi connectivity index (χ0) is 32.5. The molecule has 0 bridgehead atoms. The number of amides is 2. The molecule has 8 nitrogen and oxygen atoms in total. The number of rotatable bonds is 7. The van der Waals surface area contributed by atoms with Crippen LogP contribution in [0.5, 0.6) is 5.75 Å². The van der Waals surface area contributed by atoms with E-state index in [2.05, 4.69) is 10.1 Å². The van der Waals surface area contributed by atoms with Crippen molar-refractivity contribution in [1.29, 1.82) is 0 Å². The topological polar surface area (TPSA) is 122 Å². The maximum atomic E-state index is 14.3. The summed E-state index contributed by atoms with van der Waals surface area (Å²) in [5, 5.41) is 12.1. The third-order valence-corrected chi connectivity index (χ3v) is 8.82. The number of nitrogens with zero attached hydrogens (tertiary/aromatic N) is 1. The zero-order valence-corrected chi connectivity index (χ0v) is 25.1. The quantitative estimate of drug-likeness (QED) is 0.274. The van der Waals surface area contributed by atoms with Gasteiger partial charge in [-0.05, 0) is 117 Å². The smallest absolute Gasteiger partial charge is 0.478 e. The second-order valence-electron chi connectivity index (χ2n) is 12.4. The van der Waals surface area contributed by atoms with Crippen molar-refractivity contribution in [3.63, 3.8) is 0 Å². The first-order valence-electron chi connectivity index (χ1n) is 14.9. The first-order valence-corrected chi connectivity index (χ1v) is 14.9. The van der Waals surface area contributed by atoms with E-state index >= 15 is 0 Å². The molecule has 1 atom stereocenters. The van der Waals surface area contributed by atoms with Crippen LogP contribution in [0.2, 0.25) is 0 Å². The standard InChI is InChI=1S/C34H36F3N3O5/c1-33(2)18-28-26(23-5-3-6-25(17-23)45-34(35,36)37)7-4-8-27(28)29(30(41)39-24-15-13-22(14-16-24)32(43)44)40(33)31(42)21-11-9-20(19-38)10-12-21/h3-8,13-17,20-21,29H,9-12,18-19,38H2,1-2H3,(H,39,41)(H,43,44). The third kappa shape index (κ3) is 6.98. The average molecular weight is 624 g/mol. The molecule has 1 saturated carbocycles. The first kappa shape index (κ1) is 32.0. The summed E-state index contributed by atoms with van der Waals surface area (Å²) >= 11 is 0. The van der Waals surface area contributed by atoms with Crippen molar-refractivity contribution >= 4 is 23.5 Å². The predicted molar refractivity (Wildman–Crippen MR) is 162 cm³/mol. The Balaban J connectivity index is 1.58. The molecular formula is C34H36F3N3O5. The van der Waals surface area contributed by atoms with Crippen LogP contribution >= 0.6 is 0 Å². The number of carbonyl (C=O) groups is 3. The number of halogens is 3. The molecule has 4 N–H and O–H groups in total. The number of carboxylic acids is 1. The summed E-state index contributed by atoms with van der Waals surface area (Å²) in [6.07, 6.45) is -1.53. The number of alkyl halides is 3. The zero-order valence-electron chi connectivity index (χ0n) is 25.1. The minimum atomic E-state index is -4.85. The fraction of sp³-hybridized carbons (Fsp3) is 0.382. The molecule has 3 aromatic rings. The Labute approximate surface area is 259 Å². The lowest BCUT2D eigenvalue weighted by Gasteiger charge is -2.50. The molecular weight excluding hydrogens is 587 g/mol. The normalized spacial score (nSPS) is 21.0. The molecule has 0 aromatic heterocycles. The van der Waals surface area contributed by atoms with Crippen molar-refractivity contribution in [3.05, 3.63) is 83.4 Å². The Morgan fingerprint density at radius 3 is 2.29 bits per heavy atom. The van der Waals surface area contributed by atoms with E-state index in [1.165, 1.54) is 42.5 Å². The number of hydrogen-bond acceptors (Lipinski definition) is 5. The number of aromatic carboxylic acids is 1. The average Bonchev–Trinajstić information content (AvgIpc) is 2.99. The van der Waals surface area contributed by atoms with E-state index in [1.54, 1.807) is 29.2 Å². The molecule has 2 amide bonds. The van der Waals surface area contributed by atoms with E-state index in [0.717, 1.165) is 18.4 Å². The summed E-state index contributed by atoms with van der Waals surface area (Å²) in [6, 6.07) is 15.6. The van der Waals surface area contributed by atoms with Gasteiger partial charge in [-0.25, -0.2) is 4.79 Å². The largest absolute Gasteiger partial charge is 0.573 e. The molecule has 1 heterocycles. The Hall–Kier alpha value is -4.38. The van der Waals surface area contributed by atoms with Gasteiger partial charge < -0.3 is 25.8 Å². The summed E-state index contributed by atoms with van der Waals surface area (Å²) in [5.41, 5.74) is 7.87. The van der Waals surface area contributed by atoms with Gasteiger partial charge in [0.2, 0.25) is 5.91 Å². The van der Waals surface area contributed by atoms with Crippen molar-refractivity contribution in [1.82, 2.24) is 4.90 Å². The van der Waals surface area contributed by atoms with Crippen molar-refractivity contribution < 1.29 is 37.4 Å². The van der Waals surface area contributed by atoms with Gasteiger partial charge in [-0.3, -0.25) is 9.59 Å². The molecule has 238 valence electrons. The van der Waals surface area contributed by atoms with E-state index < -0.39 is 29.8 Å². The van der Waals surface area contributed by atoms with Crippen molar-refractivity contribution in [3.8, 4) is 16.9 Å². The minimum Gasteiger partial charge on any atom is -0.478 e. The van der Waals surface area contributed by atoms with E-state index in [0.29, 0.717) is 54.1 Å². The molecule has 5 rings (SSSR count). The molecule has 1 aliphatic heterocycles. The van der Waals surface area contributed by atoms with Gasteiger partial charge in [-0.15, -0.1) is 13.2 Å². The number of benzene rings is 3. The lowest BCUT2D eigenvalue weighted by molar-refractivity contribution is -0.274. The monoisotopic (exact) mass is 623 g/mol. The maximum absolute atomic E-state index is 14.3. The van der Waals surface area contributed by atoms with Crippen molar-refractivity contribution in [2.45, 2.75) is 63.9 Å². The number of anilines is 1. The van der Waals surface area contributed by atoms with Gasteiger partial charge in [0.25, 0.3) is 5.91 Å². The highest BCUT2D eigenvalue weighted by Crippen LogP contribution is 2.45. The molecule has 1 aliphatic carbocycles. The highest BCUT2D eigenvalue weighted by atomic mass is 19.4. The Kier molecular flexibility index (Phi) is 8.93. The van der Waals surface area contributed by atoms with Crippen LogP contribution in [0.4, 0.5) is 18.9 Å². The fourth-order valence-electron chi connectivity index (χ4n) is 6.63. The van der Waals surface area contributed by atoms with Crippen LogP contribution < -0.4 is 15.8 Å². The molecule has 1 unspecified atom stereocenters. The van der Waals surface area contributed by atoms with Crippen LogP contribution in [0.1, 0.15) is 67.1 Å². The second-order valence-corrected chi connectivity index (χ2v) is 12.4. The van der Waals surface area contributed by atoms with Crippen LogP contribution in [0.25, 0.3) is 11.1 Å². The number of carboxylic acid groups (broad SMARTS) is 1. The van der Waals surface area contributed by atoms with Crippen LogP contribution in [-0.2, 0) is 16.0 Å². The summed E-state index contributed by atoms with van der Waals surface area (Å²) < 4.78 is 43.2. The lowest BCUT2D eigenvalue weighted by atomic mass is 9.75. The van der Waals surface area contributed by atoms with Gasteiger partial charge in [-0.1, -0.05) is 30.3 Å². The van der Waals surface area contributed by atoms with Gasteiger partial charge in [0.1, 0.15) is 11.8 Å². The number of ether oxygens (including phenoxy) is 1. The summed E-state index contributed by atoms with van der Waals surface area (Å²) in [4.78, 5) is 41.5. The highest BCUT2D eigenvalue weighted by molar-refractivity contribution is 6.00. The van der Waals surface area contributed by atoms with Gasteiger partial charge >= 0.3 is 12.3 Å². The van der Waals surface area contributed by atoms with Crippen molar-refractivity contribution in [2.75, 3.05) is 11.9 Å². The first-order chi connectivity index (χ1) is 21.3. The van der Waals surface area contributed by atoms with Crippen LogP contribution in [0, 0.1) is 11.8 Å². The minimum absolute atomic E-state index is 0.0587. The molecule has 0 saturated heterocycles. The van der Waals surface area contributed by atoms with Gasteiger partial charge in [-0.2, -0.15) is 0 Å². The lowest BCUT2D eigenvalue weighted by Crippen LogP contribution is -2.58. The number of carbonyl (C=O) groups excluding carboxylic acids is 2. The number of hydrogen-bond donors (Lipinski definition) is 3. The molecule has 45 heavy (non-hydrogen) atoms. The molecule has 3 aromatic carbocycles. The highest BCUT2D eigenvalue weighted by Gasteiger charge is 2.48. The van der Waals surface area contributed by atoms with Crippen LogP contribution in [-0.4, -0.2) is 46.2 Å². The number of fused-ring (bicyclic) bond motifs is 1. The SMILES string of the molecule is CC1(C)Cc2c(-c3cccc(OC(F)(F)F)c3)cccc2C(C(=O)Nc2ccc(C(=O)O)cc2)N1C(=O)C1CCC(CN)CC1. The van der Waals surface area contributed by atoms with Crippen LogP contribution in [0.15, 0.2) is 66.7 Å². The molecule has 11 heteroatoms. The van der Waals surface area contributed by atoms with E-state index in [-0.39, 0.29) is 23.1 Å². The van der Waals surface area contributed by atoms with Gasteiger partial charge in [0.05, 0.1) is 5.56 Å². The van der Waals surface area contributed by atoms with Gasteiger partial charge in [0, 0.05) is 17.1 Å². The third-order valence-electron chi connectivity index (χ3n) is 8.82. The fourth-order valence-corrected chi connectivity index (χ4v) is 6.63. The molecule has 1 fully saturated rings. The number of nitrogens with two attached hydrogens (primary N) is 1. The predicted octanol–water partition coefficient (Wildman–Crippen LogP) is 6.56. The van der Waals surface area contributed by atoms with E-state index in [4.69, 9.17) is 5.73 Å². The Bertz CT molecular complexity index is 1580. The molecule has 0 spiro atoms. The summed E-state index contributed by atoms with van der Waals surface area (Å²) in [7, 11) is 0. The Morgan fingerprint density at radius 1 is 1.00 bits per heavy atom. The number of nitrogens with one attached hydrogen (secondary N) is 1. The summed E-state index contributed by atoms with van der Waals surface area (Å²) in [5.74, 6) is -2.00. The Morgan fingerprint density at radius 2 is 1.67 bits per heavy atom. The molecule has 0 radical (unpaired) electrons. The summed E-state index contributed by atoms with van der Waals surface area (Å²) in [6.45, 7) is 4.34. The maximum Gasteiger partial charge on any atom is 0.573 e. The van der Waals surface area contributed by atoms with E-state index in [9.17, 15) is 32.7 Å². The molecule has 2 aliphatic rings. The van der Waals surface area contributed by atoms with Crippen LogP contribution in [0.3, 0.4) is 0 Å². The second kappa shape index (κ2) is 12.5. The van der Waals surface area contributed by atoms with Crippen molar-refractivity contribution in [2.24, 2.45) is 17.6 Å². The van der Waals surface area contributed by atoms with E-state index in [1.807, 2.05) is 13.8 Å².